The van der Waals surface area contributed by atoms with Crippen LogP contribution in [0.5, 0.6) is 0 Å². The lowest BCUT2D eigenvalue weighted by Gasteiger charge is -2.19. The van der Waals surface area contributed by atoms with Crippen molar-refractivity contribution in [3.63, 3.8) is 0 Å². The molecule has 1 aromatic rings. The van der Waals surface area contributed by atoms with Crippen molar-refractivity contribution in [3.05, 3.63) is 11.8 Å². The van der Waals surface area contributed by atoms with Gasteiger partial charge in [0.05, 0.1) is 18.2 Å². The lowest BCUT2D eigenvalue weighted by atomic mass is 9.94. The molecule has 9 heteroatoms. The van der Waals surface area contributed by atoms with Gasteiger partial charge in [0.15, 0.2) is 5.82 Å². The molecule has 20 heavy (non-hydrogen) atoms. The number of hydrogen-bond acceptors (Lipinski definition) is 8. The van der Waals surface area contributed by atoms with E-state index in [-0.39, 0.29) is 17.2 Å². The number of aliphatic hydroxyl groups is 3. The van der Waals surface area contributed by atoms with Crippen LogP contribution in [0.3, 0.4) is 0 Å². The van der Waals surface area contributed by atoms with Crippen molar-refractivity contribution in [1.82, 2.24) is 9.97 Å². The number of aliphatic imine (C=N–C) groups is 1. The van der Waals surface area contributed by atoms with E-state index in [2.05, 4.69) is 15.0 Å². The molecule has 5 atom stereocenters. The highest BCUT2D eigenvalue weighted by molar-refractivity contribution is 5.84. The summed E-state index contributed by atoms with van der Waals surface area (Å²) in [6.07, 6.45) is -3.85. The molecule has 5 N–H and O–H groups in total. The number of anilines is 1. The second kappa shape index (κ2) is 4.70. The average Bonchev–Trinajstić information content (AvgIpc) is 2.93. The van der Waals surface area contributed by atoms with Crippen LogP contribution in [0.25, 0.3) is 0 Å². The third-order valence-corrected chi connectivity index (χ3v) is 3.52. The van der Waals surface area contributed by atoms with Crippen LogP contribution in [0.2, 0.25) is 0 Å². The molecule has 0 unspecified atom stereocenters. The Balaban J connectivity index is 1.94. The molecule has 0 aromatic carbocycles. The fraction of sp³-hybridized carbons (Fsp3) is 0.545. The number of nitrogen functional groups attached to an aromatic ring is 1. The van der Waals surface area contributed by atoms with Gasteiger partial charge in [0.25, 0.3) is 0 Å². The molecule has 0 saturated carbocycles. The maximum absolute atomic E-state index is 13.2. The molecular weight excluding hydrogens is 271 g/mol. The normalized spacial score (nSPS) is 35.5. The zero-order valence-electron chi connectivity index (χ0n) is 10.2. The van der Waals surface area contributed by atoms with Crippen LogP contribution in [0, 0.1) is 6.08 Å². The maximum atomic E-state index is 13.2. The molecule has 8 nitrogen and oxygen atoms in total. The van der Waals surface area contributed by atoms with Crippen molar-refractivity contribution in [1.29, 1.82) is 0 Å². The molecule has 3 rings (SSSR count). The van der Waals surface area contributed by atoms with Gasteiger partial charge in [-0.25, -0.2) is 4.98 Å². The molecule has 2 aliphatic rings. The minimum atomic E-state index is -1.24. The van der Waals surface area contributed by atoms with E-state index in [0.29, 0.717) is 0 Å². The Morgan fingerprint density at radius 1 is 1.30 bits per heavy atom. The van der Waals surface area contributed by atoms with Crippen molar-refractivity contribution in [2.45, 2.75) is 30.3 Å². The number of fused-ring (bicyclic) bond motifs is 1. The highest BCUT2D eigenvalue weighted by atomic mass is 19.1. The van der Waals surface area contributed by atoms with Gasteiger partial charge in [-0.05, 0) is 0 Å². The summed E-state index contributed by atoms with van der Waals surface area (Å²) in [5.41, 5.74) is 5.98. The van der Waals surface area contributed by atoms with Gasteiger partial charge in [-0.15, -0.1) is 0 Å². The van der Waals surface area contributed by atoms with Crippen LogP contribution >= 0.6 is 0 Å². The zero-order valence-corrected chi connectivity index (χ0v) is 10.2. The molecule has 2 aliphatic heterocycles. The Bertz CT molecular complexity index is 570. The Hall–Kier alpha value is -1.68. The highest BCUT2D eigenvalue weighted by Crippen LogP contribution is 2.40. The van der Waals surface area contributed by atoms with Gasteiger partial charge in [-0.3, -0.25) is 4.99 Å². The number of halogens is 1. The van der Waals surface area contributed by atoms with E-state index >= 15 is 0 Å². The van der Waals surface area contributed by atoms with Crippen molar-refractivity contribution in [2.24, 2.45) is 4.99 Å². The lowest BCUT2D eigenvalue weighted by Crippen LogP contribution is -2.36. The lowest BCUT2D eigenvalue weighted by molar-refractivity contribution is -0.0238. The Morgan fingerprint density at radius 3 is 2.70 bits per heavy atom. The number of aromatic nitrogens is 2. The first-order valence-electron chi connectivity index (χ1n) is 6.02. The predicted molar refractivity (Wildman–Crippen MR) is 65.1 cm³/mol. The van der Waals surface area contributed by atoms with E-state index in [4.69, 9.17) is 15.6 Å². The Kier molecular flexibility index (Phi) is 3.13. The minimum absolute atomic E-state index is 0.0991. The smallest absolute Gasteiger partial charge is 0.310 e. The Labute approximate surface area is 112 Å². The minimum Gasteiger partial charge on any atom is -0.394 e. The molecule has 0 amide bonds. The van der Waals surface area contributed by atoms with Crippen LogP contribution in [0.1, 0.15) is 11.6 Å². The first-order chi connectivity index (χ1) is 9.52. The summed E-state index contributed by atoms with van der Waals surface area (Å²) < 4.78 is 18.6. The number of rotatable bonds is 2. The van der Waals surface area contributed by atoms with Crippen LogP contribution in [-0.2, 0) is 4.74 Å². The van der Waals surface area contributed by atoms with E-state index in [1.807, 2.05) is 0 Å². The third kappa shape index (κ3) is 1.86. The first kappa shape index (κ1) is 13.3. The van der Waals surface area contributed by atoms with Crippen LogP contribution in [0.4, 0.5) is 15.9 Å². The summed E-state index contributed by atoms with van der Waals surface area (Å²) in [7, 11) is 0. The van der Waals surface area contributed by atoms with Gasteiger partial charge in [-0.2, -0.15) is 9.37 Å². The van der Waals surface area contributed by atoms with Crippen molar-refractivity contribution in [2.75, 3.05) is 12.3 Å². The van der Waals surface area contributed by atoms with Gasteiger partial charge in [0, 0.05) is 6.21 Å². The summed E-state index contributed by atoms with van der Waals surface area (Å²) in [4.78, 5) is 11.0. The molecule has 0 radical (unpaired) electrons. The zero-order chi connectivity index (χ0) is 14.4. The molecule has 3 heterocycles. The largest absolute Gasteiger partial charge is 0.394 e. The van der Waals surface area contributed by atoms with Gasteiger partial charge in [0.1, 0.15) is 30.1 Å². The fourth-order valence-electron chi connectivity index (χ4n) is 2.52. The highest BCUT2D eigenvalue weighted by Gasteiger charge is 2.48. The second-order valence-corrected chi connectivity index (χ2v) is 4.72. The van der Waals surface area contributed by atoms with Gasteiger partial charge in [-0.1, -0.05) is 0 Å². The summed E-state index contributed by atoms with van der Waals surface area (Å²) in [6.45, 7) is -0.439. The number of nitrogens with two attached hydrogens (primary N) is 1. The van der Waals surface area contributed by atoms with E-state index < -0.39 is 43.0 Å². The third-order valence-electron chi connectivity index (χ3n) is 3.52. The van der Waals surface area contributed by atoms with Crippen LogP contribution in [-0.4, -0.2) is 62.5 Å². The molecule has 0 bridgehead atoms. The van der Waals surface area contributed by atoms with Crippen molar-refractivity contribution < 1.29 is 24.4 Å². The van der Waals surface area contributed by atoms with Crippen molar-refractivity contribution >= 4 is 17.7 Å². The fourth-order valence-corrected chi connectivity index (χ4v) is 2.52. The van der Waals surface area contributed by atoms with Crippen LogP contribution in [0.15, 0.2) is 4.99 Å². The number of aliphatic hydroxyl groups excluding tert-OH is 3. The summed E-state index contributed by atoms with van der Waals surface area (Å²) in [6, 6.07) is 0. The van der Waals surface area contributed by atoms with E-state index in [9.17, 15) is 14.6 Å². The summed E-state index contributed by atoms with van der Waals surface area (Å²) in [5.74, 6) is -0.760. The van der Waals surface area contributed by atoms with E-state index in [1.165, 1.54) is 6.21 Å². The van der Waals surface area contributed by atoms with E-state index in [1.54, 1.807) is 0 Å². The molecule has 0 aliphatic carbocycles. The predicted octanol–water partition coefficient (Wildman–Crippen LogP) is -1.52. The molecule has 1 saturated heterocycles. The first-order valence-corrected chi connectivity index (χ1v) is 6.02. The molecular formula is C11H13FN4O4. The maximum Gasteiger partial charge on any atom is 0.310 e. The van der Waals surface area contributed by atoms with Gasteiger partial charge < -0.3 is 25.8 Å². The van der Waals surface area contributed by atoms with Gasteiger partial charge in [0.2, 0.25) is 0 Å². The molecule has 1 fully saturated rings. The summed E-state index contributed by atoms with van der Waals surface area (Å²) in [5, 5.41) is 28.8. The number of nitrogens with zero attached hydrogens (tertiary/aromatic N) is 3. The van der Waals surface area contributed by atoms with Crippen molar-refractivity contribution in [3.8, 4) is 0 Å². The average molecular weight is 284 g/mol. The molecule has 108 valence electrons. The number of ether oxygens (including phenoxy) is 1. The van der Waals surface area contributed by atoms with Crippen LogP contribution < -0.4 is 5.73 Å². The monoisotopic (exact) mass is 284 g/mol. The quantitative estimate of drug-likeness (QED) is 0.484. The summed E-state index contributed by atoms with van der Waals surface area (Å²) >= 11 is 0. The standard InChI is InChI=1S/C11H13FN4O4/c12-11-15-5-3(1-14-6(5)10(13)16-11)9-8(19)7(18)4(2-17)20-9/h1,3-4,7-9,17-19H,2H2,(H2,13,15,16)/t3-,4+,7+,8-,9-/m1/s1. The molecule has 1 aromatic heterocycles. The Morgan fingerprint density at radius 2 is 2.05 bits per heavy atom. The van der Waals surface area contributed by atoms with E-state index in [0.717, 1.165) is 0 Å². The topological polar surface area (TPSA) is 134 Å². The molecule has 0 spiro atoms. The SMILES string of the molecule is Nc1nc(F)nc2c1N=C[C@H]2[C@H]1O[C@@H](CO)[C@H](O)[C@H]1O. The second-order valence-electron chi connectivity index (χ2n) is 4.72. The number of hydrogen-bond donors (Lipinski definition) is 4. The van der Waals surface area contributed by atoms with Gasteiger partial charge >= 0.3 is 6.08 Å².